The first-order valence-electron chi connectivity index (χ1n) is 19.6. The van der Waals surface area contributed by atoms with E-state index in [9.17, 15) is 0 Å². The van der Waals surface area contributed by atoms with Gasteiger partial charge in [0.2, 0.25) is 0 Å². The van der Waals surface area contributed by atoms with E-state index in [1.807, 2.05) is 0 Å². The van der Waals surface area contributed by atoms with Crippen molar-refractivity contribution in [2.24, 2.45) is 0 Å². The third-order valence-electron chi connectivity index (χ3n) is 12.2. The van der Waals surface area contributed by atoms with Gasteiger partial charge < -0.3 is 4.90 Å². The van der Waals surface area contributed by atoms with Crippen LogP contribution in [0.25, 0.3) is 76.5 Å². The van der Waals surface area contributed by atoms with Crippen LogP contribution in [0.3, 0.4) is 0 Å². The van der Waals surface area contributed by atoms with Gasteiger partial charge in [-0.25, -0.2) is 0 Å². The van der Waals surface area contributed by atoms with Gasteiger partial charge in [0.15, 0.2) is 0 Å². The zero-order valence-electron chi connectivity index (χ0n) is 31.5. The minimum absolute atomic E-state index is 0.137. The quantitative estimate of drug-likeness (QED) is 0.161. The molecule has 0 aliphatic heterocycles. The number of hydrogen-bond acceptors (Lipinski definition) is 1. The van der Waals surface area contributed by atoms with Crippen LogP contribution in [0.4, 0.5) is 17.1 Å². The predicted octanol–water partition coefficient (Wildman–Crippen LogP) is 15.4. The Balaban J connectivity index is 1.25. The van der Waals surface area contributed by atoms with Gasteiger partial charge in [0, 0.05) is 22.4 Å². The number of hydrogen-bond donors (Lipinski definition) is 0. The molecule has 0 radical (unpaired) electrons. The van der Waals surface area contributed by atoms with Gasteiger partial charge in [0.25, 0.3) is 0 Å². The Labute approximate surface area is 327 Å². The Morgan fingerprint density at radius 2 is 0.839 bits per heavy atom. The molecule has 0 bridgehead atoms. The van der Waals surface area contributed by atoms with Crippen molar-refractivity contribution in [2.45, 2.75) is 19.3 Å². The molecule has 0 saturated heterocycles. The molecule has 0 heterocycles. The smallest absolute Gasteiger partial charge is 0.0546 e. The molecule has 1 aliphatic carbocycles. The summed E-state index contributed by atoms with van der Waals surface area (Å²) >= 11 is 0. The van der Waals surface area contributed by atoms with Crippen molar-refractivity contribution in [3.63, 3.8) is 0 Å². The molecule has 264 valence electrons. The molecule has 0 N–H and O–H groups in total. The molecular formula is C55H39N. The second-order valence-corrected chi connectivity index (χ2v) is 15.7. The highest BCUT2D eigenvalue weighted by Gasteiger charge is 2.36. The monoisotopic (exact) mass is 713 g/mol. The zero-order valence-corrected chi connectivity index (χ0v) is 31.5. The molecule has 10 aromatic carbocycles. The van der Waals surface area contributed by atoms with Crippen LogP contribution in [0, 0.1) is 0 Å². The lowest BCUT2D eigenvalue weighted by atomic mass is 9.82. The molecule has 56 heavy (non-hydrogen) atoms. The zero-order chi connectivity index (χ0) is 37.4. The summed E-state index contributed by atoms with van der Waals surface area (Å²) in [6, 6.07) is 74.1. The van der Waals surface area contributed by atoms with Crippen molar-refractivity contribution < 1.29 is 0 Å². The maximum absolute atomic E-state index is 2.51. The van der Waals surface area contributed by atoms with Gasteiger partial charge >= 0.3 is 0 Å². The fourth-order valence-corrected chi connectivity index (χ4v) is 9.49. The first kappa shape index (κ1) is 32.5. The number of fused-ring (bicyclic) bond motifs is 10. The minimum atomic E-state index is -0.137. The van der Waals surface area contributed by atoms with Crippen molar-refractivity contribution in [2.75, 3.05) is 4.90 Å². The van der Waals surface area contributed by atoms with Gasteiger partial charge in [0.05, 0.1) is 5.69 Å². The topological polar surface area (TPSA) is 3.24 Å². The molecule has 1 heteroatoms. The van der Waals surface area contributed by atoms with E-state index in [-0.39, 0.29) is 5.41 Å². The molecule has 0 fully saturated rings. The van der Waals surface area contributed by atoms with Crippen molar-refractivity contribution in [3.05, 3.63) is 211 Å². The lowest BCUT2D eigenvalue weighted by Gasteiger charge is -2.31. The SMILES string of the molecule is CC1(C)c2ccccc2-c2ccc(N(c3ccc(-c4ccccc4)cc3)c3cc4c5ccccc5c5ccccc5c4cc3-c3cccc4ccccc34)cc21. The maximum Gasteiger partial charge on any atom is 0.0546 e. The predicted molar refractivity (Wildman–Crippen MR) is 240 cm³/mol. The van der Waals surface area contributed by atoms with Gasteiger partial charge in [-0.05, 0) is 118 Å². The van der Waals surface area contributed by atoms with Crippen molar-refractivity contribution in [1.29, 1.82) is 0 Å². The molecule has 1 nitrogen and oxygen atoms in total. The van der Waals surface area contributed by atoms with Crippen molar-refractivity contribution in [1.82, 2.24) is 0 Å². The second kappa shape index (κ2) is 12.5. The van der Waals surface area contributed by atoms with E-state index in [0.717, 1.165) is 17.1 Å². The van der Waals surface area contributed by atoms with E-state index in [4.69, 9.17) is 0 Å². The average molecular weight is 714 g/mol. The second-order valence-electron chi connectivity index (χ2n) is 15.7. The Morgan fingerprint density at radius 1 is 0.321 bits per heavy atom. The summed E-state index contributed by atoms with van der Waals surface area (Å²) in [6.45, 7) is 4.74. The summed E-state index contributed by atoms with van der Waals surface area (Å²) in [5.74, 6) is 0. The van der Waals surface area contributed by atoms with Crippen LogP contribution in [0.2, 0.25) is 0 Å². The summed E-state index contributed by atoms with van der Waals surface area (Å²) in [5.41, 5.74) is 13.5. The highest BCUT2D eigenvalue weighted by atomic mass is 15.1. The summed E-state index contributed by atoms with van der Waals surface area (Å²) in [4.78, 5) is 2.51. The van der Waals surface area contributed by atoms with Crippen LogP contribution in [-0.4, -0.2) is 0 Å². The lowest BCUT2D eigenvalue weighted by Crippen LogP contribution is -2.17. The average Bonchev–Trinajstić information content (AvgIpc) is 3.49. The van der Waals surface area contributed by atoms with E-state index in [2.05, 4.69) is 219 Å². The van der Waals surface area contributed by atoms with E-state index in [0.29, 0.717) is 0 Å². The number of anilines is 3. The first-order chi connectivity index (χ1) is 27.5. The van der Waals surface area contributed by atoms with Crippen LogP contribution >= 0.6 is 0 Å². The molecule has 10 aromatic rings. The standard InChI is InChI=1S/C55H39N/c1-55(2)52-26-13-12-24-47(52)48-32-31-40(33-53(48)55)56(39-29-27-37(28-30-39)36-15-4-3-5-16-36)54-35-50-46-23-11-9-21-44(46)43-20-8-10-22-45(43)49(50)34-51(54)42-25-14-18-38-17-6-7-19-41(38)42/h3-35H,1-2H3. The third-order valence-corrected chi connectivity index (χ3v) is 12.2. The molecule has 0 saturated carbocycles. The van der Waals surface area contributed by atoms with Crippen LogP contribution in [0.1, 0.15) is 25.0 Å². The van der Waals surface area contributed by atoms with Gasteiger partial charge in [-0.3, -0.25) is 0 Å². The van der Waals surface area contributed by atoms with Crippen LogP contribution < -0.4 is 4.90 Å². The summed E-state index contributed by atoms with van der Waals surface area (Å²) in [7, 11) is 0. The minimum Gasteiger partial charge on any atom is -0.310 e. The Kier molecular flexibility index (Phi) is 7.28. The summed E-state index contributed by atoms with van der Waals surface area (Å²) < 4.78 is 0. The van der Waals surface area contributed by atoms with Gasteiger partial charge in [-0.2, -0.15) is 0 Å². The molecule has 0 aromatic heterocycles. The van der Waals surface area contributed by atoms with E-state index in [1.165, 1.54) is 87.6 Å². The van der Waals surface area contributed by atoms with Gasteiger partial charge in [0.1, 0.15) is 0 Å². The summed E-state index contributed by atoms with van der Waals surface area (Å²) in [5, 5.41) is 10.1. The van der Waals surface area contributed by atoms with Gasteiger partial charge in [-0.15, -0.1) is 0 Å². The van der Waals surface area contributed by atoms with E-state index < -0.39 is 0 Å². The molecule has 0 unspecified atom stereocenters. The van der Waals surface area contributed by atoms with Crippen LogP contribution in [0.5, 0.6) is 0 Å². The highest BCUT2D eigenvalue weighted by molar-refractivity contribution is 6.27. The lowest BCUT2D eigenvalue weighted by molar-refractivity contribution is 0.660. The third kappa shape index (κ3) is 4.94. The number of nitrogens with zero attached hydrogens (tertiary/aromatic N) is 1. The van der Waals surface area contributed by atoms with Crippen molar-refractivity contribution >= 4 is 60.2 Å². The van der Waals surface area contributed by atoms with Gasteiger partial charge in [-0.1, -0.05) is 178 Å². The fourth-order valence-electron chi connectivity index (χ4n) is 9.49. The van der Waals surface area contributed by atoms with E-state index >= 15 is 0 Å². The molecule has 1 aliphatic rings. The Morgan fingerprint density at radius 3 is 1.57 bits per heavy atom. The molecule has 0 atom stereocenters. The number of rotatable bonds is 5. The number of benzene rings is 10. The largest absolute Gasteiger partial charge is 0.310 e. The van der Waals surface area contributed by atoms with Crippen LogP contribution in [0.15, 0.2) is 200 Å². The first-order valence-corrected chi connectivity index (χ1v) is 19.6. The maximum atomic E-state index is 2.51. The fraction of sp³-hybridized carbons (Fsp3) is 0.0545. The Bertz CT molecular complexity index is 3150. The Hall–Kier alpha value is -6.96. The summed E-state index contributed by atoms with van der Waals surface area (Å²) in [6.07, 6.45) is 0. The molecule has 0 spiro atoms. The van der Waals surface area contributed by atoms with Crippen LogP contribution in [-0.2, 0) is 5.41 Å². The normalized spacial score (nSPS) is 13.0. The molecule has 11 rings (SSSR count). The molecular weight excluding hydrogens is 675 g/mol. The highest BCUT2D eigenvalue weighted by Crippen LogP contribution is 2.52. The molecule has 0 amide bonds. The van der Waals surface area contributed by atoms with Crippen molar-refractivity contribution in [3.8, 4) is 33.4 Å². The van der Waals surface area contributed by atoms with E-state index in [1.54, 1.807) is 0 Å².